The third-order valence-electron chi connectivity index (χ3n) is 7.00. The number of nitrogens with zero attached hydrogens (tertiary/aromatic N) is 4. The van der Waals surface area contributed by atoms with Crippen molar-refractivity contribution in [1.82, 2.24) is 19.7 Å². The molecule has 1 atom stereocenters. The Morgan fingerprint density at radius 3 is 2.40 bits per heavy atom. The van der Waals surface area contributed by atoms with Crippen molar-refractivity contribution in [1.29, 1.82) is 0 Å². The van der Waals surface area contributed by atoms with Crippen LogP contribution < -0.4 is 14.8 Å². The van der Waals surface area contributed by atoms with Gasteiger partial charge >= 0.3 is 12.1 Å². The first-order valence-electron chi connectivity index (χ1n) is 14.2. The highest BCUT2D eigenvalue weighted by Gasteiger charge is 2.29. The van der Waals surface area contributed by atoms with E-state index in [0.717, 1.165) is 24.2 Å². The van der Waals surface area contributed by atoms with Crippen LogP contribution >= 0.6 is 0 Å². The topological polar surface area (TPSA) is 117 Å². The molecule has 2 aromatic carbocycles. The van der Waals surface area contributed by atoms with E-state index in [0.29, 0.717) is 53.5 Å². The quantitative estimate of drug-likeness (QED) is 0.252. The molecule has 1 amide bonds. The first kappa shape index (κ1) is 29.7. The van der Waals surface area contributed by atoms with Crippen LogP contribution in [0.1, 0.15) is 49.5 Å². The molecule has 11 heteroatoms. The molecule has 3 heterocycles. The molecular formula is C32H37N5O6. The van der Waals surface area contributed by atoms with Gasteiger partial charge in [0.2, 0.25) is 0 Å². The molecule has 43 heavy (non-hydrogen) atoms. The average molecular weight is 588 g/mol. The zero-order chi connectivity index (χ0) is 30.6. The number of methoxy groups -OCH3 is 2. The molecule has 11 nitrogen and oxygen atoms in total. The van der Waals surface area contributed by atoms with E-state index in [1.807, 2.05) is 49.7 Å². The molecule has 1 unspecified atom stereocenters. The lowest BCUT2D eigenvalue weighted by Crippen LogP contribution is -2.47. The summed E-state index contributed by atoms with van der Waals surface area (Å²) in [7, 11) is 2.98. The summed E-state index contributed by atoms with van der Waals surface area (Å²) < 4.78 is 23.9. The van der Waals surface area contributed by atoms with Gasteiger partial charge in [-0.3, -0.25) is 0 Å². The Balaban J connectivity index is 1.46. The monoisotopic (exact) mass is 587 g/mol. The van der Waals surface area contributed by atoms with Crippen LogP contribution in [0.15, 0.2) is 60.8 Å². The number of benzene rings is 2. The molecule has 0 aliphatic carbocycles. The summed E-state index contributed by atoms with van der Waals surface area (Å²) in [6, 6.07) is 16.3. The van der Waals surface area contributed by atoms with Crippen LogP contribution in [0, 0.1) is 0 Å². The maximum absolute atomic E-state index is 12.8. The van der Waals surface area contributed by atoms with Gasteiger partial charge in [-0.2, -0.15) is 5.10 Å². The highest BCUT2D eigenvalue weighted by atomic mass is 16.6. The molecule has 1 saturated heterocycles. The summed E-state index contributed by atoms with van der Waals surface area (Å²) in [5, 5.41) is 9.22. The van der Waals surface area contributed by atoms with Gasteiger partial charge in [0.25, 0.3) is 0 Å². The van der Waals surface area contributed by atoms with E-state index >= 15 is 0 Å². The largest absolute Gasteiger partial charge is 0.497 e. The minimum Gasteiger partial charge on any atom is -0.497 e. The van der Waals surface area contributed by atoms with Gasteiger partial charge in [0.05, 0.1) is 26.3 Å². The number of likely N-dealkylation sites (tertiary alicyclic amines) is 1. The van der Waals surface area contributed by atoms with Crippen molar-refractivity contribution in [2.75, 3.05) is 32.6 Å². The highest BCUT2D eigenvalue weighted by Crippen LogP contribution is 2.35. The molecule has 0 bridgehead atoms. The Morgan fingerprint density at radius 2 is 1.72 bits per heavy atom. The second-order valence-electron chi connectivity index (χ2n) is 11.4. The minimum atomic E-state index is -0.569. The van der Waals surface area contributed by atoms with Crippen molar-refractivity contribution in [3.05, 3.63) is 71.9 Å². The van der Waals surface area contributed by atoms with Gasteiger partial charge in [-0.25, -0.2) is 19.3 Å². The van der Waals surface area contributed by atoms with E-state index in [2.05, 4.69) is 10.3 Å². The predicted molar refractivity (Wildman–Crippen MR) is 162 cm³/mol. The average Bonchev–Trinajstić information content (AvgIpc) is 3.34. The van der Waals surface area contributed by atoms with E-state index < -0.39 is 11.6 Å². The number of anilines is 1. The Kier molecular flexibility index (Phi) is 8.70. The predicted octanol–water partition coefficient (Wildman–Crippen LogP) is 5.88. The number of ether oxygens (including phenoxy) is 4. The number of hydrogen-bond acceptors (Lipinski definition) is 9. The molecular weight excluding hydrogens is 550 g/mol. The van der Waals surface area contributed by atoms with E-state index in [9.17, 15) is 9.59 Å². The van der Waals surface area contributed by atoms with Crippen LogP contribution in [0.5, 0.6) is 17.2 Å². The molecule has 0 spiro atoms. The van der Waals surface area contributed by atoms with Crippen LogP contribution in [0.4, 0.5) is 10.6 Å². The number of pyridine rings is 1. The van der Waals surface area contributed by atoms with Crippen molar-refractivity contribution in [3.8, 4) is 17.2 Å². The number of esters is 1. The number of fused-ring (bicyclic) bond motifs is 1. The van der Waals surface area contributed by atoms with Gasteiger partial charge in [-0.15, -0.1) is 0 Å². The Bertz CT molecular complexity index is 1580. The first-order chi connectivity index (χ1) is 20.6. The van der Waals surface area contributed by atoms with Crippen LogP contribution in [0.3, 0.4) is 0 Å². The number of carbonyl (C=O) groups excluding carboxylic acids is 2. The van der Waals surface area contributed by atoms with Crippen LogP contribution in [-0.2, 0) is 16.0 Å². The Hall–Kier alpha value is -4.80. The van der Waals surface area contributed by atoms with Gasteiger partial charge in [-0.05, 0) is 75.6 Å². The number of hydrogen-bond donors (Lipinski definition) is 1. The van der Waals surface area contributed by atoms with Gasteiger partial charge in [0.1, 0.15) is 28.2 Å². The van der Waals surface area contributed by atoms with E-state index in [1.54, 1.807) is 48.5 Å². The fourth-order valence-corrected chi connectivity index (χ4v) is 4.95. The second-order valence-corrected chi connectivity index (χ2v) is 11.4. The standard InChI is InChI=1S/C32H37N5O6/c1-32(2,3)43-31(39)36-18-6-7-23(20-36)34-28-27-26(42-25-14-10-22(11-15-25)30(38)41-5)16-17-33-29(27)37(35-28)19-21-8-12-24(40-4)13-9-21/h8-17,23H,6-7,18-20H2,1-5H3,(H,34,35). The molecule has 0 radical (unpaired) electrons. The zero-order valence-corrected chi connectivity index (χ0v) is 25.1. The molecule has 0 saturated carbocycles. The van der Waals surface area contributed by atoms with E-state index in [4.69, 9.17) is 24.0 Å². The fourth-order valence-electron chi connectivity index (χ4n) is 4.95. The van der Waals surface area contributed by atoms with E-state index in [-0.39, 0.29) is 12.1 Å². The SMILES string of the molecule is COC(=O)c1ccc(Oc2ccnc3c2c(NC2CCCN(C(=O)OC(C)(C)C)C2)nn3Cc2ccc(OC)cc2)cc1. The third kappa shape index (κ3) is 7.17. The lowest BCUT2D eigenvalue weighted by Gasteiger charge is -2.34. The van der Waals surface area contributed by atoms with Crippen molar-refractivity contribution < 1.29 is 28.5 Å². The van der Waals surface area contributed by atoms with Crippen LogP contribution in [-0.4, -0.2) is 70.7 Å². The molecule has 1 aliphatic heterocycles. The summed E-state index contributed by atoms with van der Waals surface area (Å²) in [5.41, 5.74) is 1.52. The van der Waals surface area contributed by atoms with Crippen molar-refractivity contribution in [2.24, 2.45) is 0 Å². The second kappa shape index (κ2) is 12.6. The Morgan fingerprint density at radius 1 is 1.00 bits per heavy atom. The number of nitrogens with one attached hydrogen (secondary N) is 1. The minimum absolute atomic E-state index is 0.0544. The van der Waals surface area contributed by atoms with E-state index in [1.165, 1.54) is 7.11 Å². The first-order valence-corrected chi connectivity index (χ1v) is 14.2. The maximum atomic E-state index is 12.8. The smallest absolute Gasteiger partial charge is 0.410 e. The van der Waals surface area contributed by atoms with Crippen molar-refractivity contribution >= 4 is 28.9 Å². The summed E-state index contributed by atoms with van der Waals surface area (Å²) in [5.74, 6) is 2.06. The fraction of sp³-hybridized carbons (Fsp3) is 0.375. The molecule has 4 aromatic rings. The normalized spacial score (nSPS) is 15.2. The van der Waals surface area contributed by atoms with Gasteiger partial charge in [0.15, 0.2) is 11.5 Å². The number of aromatic nitrogens is 3. The third-order valence-corrected chi connectivity index (χ3v) is 7.00. The molecule has 1 aliphatic rings. The highest BCUT2D eigenvalue weighted by molar-refractivity contribution is 5.94. The van der Waals surface area contributed by atoms with Gasteiger partial charge in [-0.1, -0.05) is 12.1 Å². The number of amides is 1. The summed E-state index contributed by atoms with van der Waals surface area (Å²) >= 11 is 0. The number of carbonyl (C=O) groups is 2. The lowest BCUT2D eigenvalue weighted by molar-refractivity contribution is 0.0206. The molecule has 5 rings (SSSR count). The summed E-state index contributed by atoms with van der Waals surface area (Å²) in [4.78, 5) is 31.1. The summed E-state index contributed by atoms with van der Waals surface area (Å²) in [6.07, 6.45) is 3.05. The summed E-state index contributed by atoms with van der Waals surface area (Å²) in [6.45, 7) is 7.18. The van der Waals surface area contributed by atoms with Crippen molar-refractivity contribution in [2.45, 2.75) is 51.8 Å². The van der Waals surface area contributed by atoms with Gasteiger partial charge < -0.3 is 29.2 Å². The molecule has 1 fully saturated rings. The van der Waals surface area contributed by atoms with Gasteiger partial charge in [0, 0.05) is 31.4 Å². The Labute approximate surface area is 250 Å². The molecule has 2 aromatic heterocycles. The molecule has 226 valence electrons. The van der Waals surface area contributed by atoms with Crippen molar-refractivity contribution in [3.63, 3.8) is 0 Å². The number of rotatable bonds is 8. The maximum Gasteiger partial charge on any atom is 0.410 e. The number of piperidine rings is 1. The molecule has 1 N–H and O–H groups in total. The lowest BCUT2D eigenvalue weighted by atomic mass is 10.1. The van der Waals surface area contributed by atoms with Crippen LogP contribution in [0.2, 0.25) is 0 Å². The zero-order valence-electron chi connectivity index (χ0n) is 25.1. The van der Waals surface area contributed by atoms with Crippen LogP contribution in [0.25, 0.3) is 11.0 Å².